The van der Waals surface area contributed by atoms with E-state index in [4.69, 9.17) is 4.74 Å². The van der Waals surface area contributed by atoms with Crippen molar-refractivity contribution < 1.29 is 35.9 Å². The summed E-state index contributed by atoms with van der Waals surface area (Å²) in [4.78, 5) is 22.1. The van der Waals surface area contributed by atoms with Crippen LogP contribution in [0.1, 0.15) is 34.5 Å². The Bertz CT molecular complexity index is 678. The summed E-state index contributed by atoms with van der Waals surface area (Å²) in [5.74, 6) is -0.274. The van der Waals surface area contributed by atoms with Crippen LogP contribution in [0.15, 0.2) is 48.8 Å². The summed E-state index contributed by atoms with van der Waals surface area (Å²) in [6.45, 7) is 1.79. The molecular formula is C18H18BrNO3. The van der Waals surface area contributed by atoms with E-state index in [1.54, 1.807) is 23.6 Å². The zero-order valence-corrected chi connectivity index (χ0v) is 14.6. The van der Waals surface area contributed by atoms with Gasteiger partial charge in [-0.3, -0.25) is 4.79 Å². The average molecular weight is 376 g/mol. The molecule has 0 bridgehead atoms. The van der Waals surface area contributed by atoms with Crippen LogP contribution in [0.4, 0.5) is 0 Å². The first-order chi connectivity index (χ1) is 10.6. The number of ether oxygens (including phenoxy) is 1. The highest BCUT2D eigenvalue weighted by Gasteiger charge is 2.21. The summed E-state index contributed by atoms with van der Waals surface area (Å²) in [7, 11) is 1.38. The minimum atomic E-state index is -0.348. The molecule has 0 saturated heterocycles. The Morgan fingerprint density at radius 2 is 1.48 bits per heavy atom. The third-order valence-electron chi connectivity index (χ3n) is 3.41. The van der Waals surface area contributed by atoms with Crippen LogP contribution in [-0.4, -0.2) is 19.4 Å². The molecule has 120 valence electrons. The fourth-order valence-electron chi connectivity index (χ4n) is 1.99. The lowest BCUT2D eigenvalue weighted by Gasteiger charge is -2.04. The van der Waals surface area contributed by atoms with E-state index in [1.165, 1.54) is 7.11 Å². The highest BCUT2D eigenvalue weighted by Crippen LogP contribution is 2.09. The van der Waals surface area contributed by atoms with Gasteiger partial charge in [-0.25, -0.2) is 4.79 Å². The maximum atomic E-state index is 11.5. The molecule has 1 aromatic heterocycles. The molecule has 23 heavy (non-hydrogen) atoms. The van der Waals surface area contributed by atoms with Crippen molar-refractivity contribution in [3.8, 4) is 0 Å². The van der Waals surface area contributed by atoms with Gasteiger partial charge in [-0.15, -0.1) is 0 Å². The minimum Gasteiger partial charge on any atom is -1.00 e. The monoisotopic (exact) mass is 375 g/mol. The number of halogens is 1. The number of rotatable bonds is 5. The Morgan fingerprint density at radius 3 is 1.96 bits per heavy atom. The molecule has 0 aliphatic carbocycles. The number of pyridine rings is 1. The summed E-state index contributed by atoms with van der Waals surface area (Å²) in [5, 5.41) is 0. The maximum Gasteiger partial charge on any atom is 0.375 e. The van der Waals surface area contributed by atoms with Crippen LogP contribution in [0.25, 0.3) is 12.2 Å². The molecule has 0 spiro atoms. The number of esters is 1. The van der Waals surface area contributed by atoms with Crippen molar-refractivity contribution in [1.29, 1.82) is 0 Å². The summed E-state index contributed by atoms with van der Waals surface area (Å²) in [5.41, 5.74) is 2.70. The lowest BCUT2D eigenvalue weighted by Crippen LogP contribution is -3.00. The van der Waals surface area contributed by atoms with Gasteiger partial charge in [0.15, 0.2) is 12.4 Å². The Balaban J connectivity index is 0.00000264. The van der Waals surface area contributed by atoms with E-state index < -0.39 is 0 Å². The molecule has 0 N–H and O–H groups in total. The summed E-state index contributed by atoms with van der Waals surface area (Å²) < 4.78 is 6.52. The highest BCUT2D eigenvalue weighted by atomic mass is 79.9. The zero-order valence-electron chi connectivity index (χ0n) is 13.0. The van der Waals surface area contributed by atoms with Crippen LogP contribution in [0.2, 0.25) is 0 Å². The van der Waals surface area contributed by atoms with Gasteiger partial charge in [0.1, 0.15) is 6.29 Å². The van der Waals surface area contributed by atoms with Crippen molar-refractivity contribution in [2.45, 2.75) is 13.0 Å². The van der Waals surface area contributed by atoms with Gasteiger partial charge >= 0.3 is 5.97 Å². The molecule has 0 aliphatic rings. The normalized spacial score (nSPS) is 11.6. The van der Waals surface area contributed by atoms with E-state index in [0.29, 0.717) is 5.56 Å². The fraction of sp³-hybridized carbons (Fsp3) is 0.167. The van der Waals surface area contributed by atoms with Crippen molar-refractivity contribution in [2.75, 3.05) is 7.11 Å². The SMILES string of the molecule is COC(=O)C(C)[n+]1ccc(C=Cc2ccc(C=O)cc2)cc1.[Br-]. The number of nitrogens with zero attached hydrogens (tertiary/aromatic N) is 1. The van der Waals surface area contributed by atoms with Gasteiger partial charge in [-0.2, -0.15) is 4.57 Å². The van der Waals surface area contributed by atoms with Crippen molar-refractivity contribution in [3.63, 3.8) is 0 Å². The lowest BCUT2D eigenvalue weighted by atomic mass is 10.1. The third-order valence-corrected chi connectivity index (χ3v) is 3.41. The van der Waals surface area contributed by atoms with Crippen molar-refractivity contribution in [3.05, 3.63) is 65.5 Å². The van der Waals surface area contributed by atoms with E-state index in [1.807, 2.05) is 48.8 Å². The quantitative estimate of drug-likeness (QED) is 0.409. The maximum absolute atomic E-state index is 11.5. The van der Waals surface area contributed by atoms with Crippen molar-refractivity contribution >= 4 is 24.4 Å². The Morgan fingerprint density at radius 1 is 1.00 bits per heavy atom. The molecule has 0 fully saturated rings. The predicted molar refractivity (Wildman–Crippen MR) is 84.1 cm³/mol. The van der Waals surface area contributed by atoms with Crippen LogP contribution < -0.4 is 21.5 Å². The number of aldehydes is 1. The van der Waals surface area contributed by atoms with E-state index in [2.05, 4.69) is 0 Å². The third kappa shape index (κ3) is 5.14. The fourth-order valence-corrected chi connectivity index (χ4v) is 1.99. The van der Waals surface area contributed by atoms with Gasteiger partial charge in [0.05, 0.1) is 7.11 Å². The predicted octanol–water partition coefficient (Wildman–Crippen LogP) is -0.305. The molecule has 0 amide bonds. The molecule has 5 heteroatoms. The molecule has 1 heterocycles. The topological polar surface area (TPSA) is 47.2 Å². The Hall–Kier alpha value is -2.27. The summed E-state index contributed by atoms with van der Waals surface area (Å²) in [6, 6.07) is 10.9. The molecule has 2 aromatic rings. The second-order valence-corrected chi connectivity index (χ2v) is 4.90. The number of methoxy groups -OCH3 is 1. The van der Waals surface area contributed by atoms with E-state index >= 15 is 0 Å². The first-order valence-corrected chi connectivity index (χ1v) is 6.96. The zero-order chi connectivity index (χ0) is 15.9. The van der Waals surface area contributed by atoms with Crippen LogP contribution in [-0.2, 0) is 9.53 Å². The van der Waals surface area contributed by atoms with Crippen LogP contribution in [0, 0.1) is 0 Å². The number of benzene rings is 1. The molecule has 2 rings (SSSR count). The van der Waals surface area contributed by atoms with E-state index in [0.717, 1.165) is 17.4 Å². The van der Waals surface area contributed by atoms with Gasteiger partial charge in [-0.1, -0.05) is 36.4 Å². The van der Waals surface area contributed by atoms with Gasteiger partial charge < -0.3 is 21.7 Å². The van der Waals surface area contributed by atoms with Crippen LogP contribution in [0.3, 0.4) is 0 Å². The van der Waals surface area contributed by atoms with Gasteiger partial charge in [0.2, 0.25) is 0 Å². The first kappa shape index (κ1) is 18.8. The molecular weight excluding hydrogens is 358 g/mol. The average Bonchev–Trinajstić information content (AvgIpc) is 2.59. The van der Waals surface area contributed by atoms with Crippen LogP contribution >= 0.6 is 0 Å². The van der Waals surface area contributed by atoms with Gasteiger partial charge in [0.25, 0.3) is 6.04 Å². The smallest absolute Gasteiger partial charge is 0.375 e. The van der Waals surface area contributed by atoms with Gasteiger partial charge in [-0.05, 0) is 11.1 Å². The Labute approximate surface area is 146 Å². The standard InChI is InChI=1S/C18H18NO3.BrH/c1-14(18(21)22-2)19-11-9-16(10-12-19)4-3-15-5-7-17(13-20)8-6-15;/h3-14H,1-2H3;1H/q+1;/p-1. The molecule has 4 nitrogen and oxygen atoms in total. The first-order valence-electron chi connectivity index (χ1n) is 6.96. The number of aromatic nitrogens is 1. The molecule has 1 unspecified atom stereocenters. The largest absolute Gasteiger partial charge is 1.00 e. The number of carbonyl (C=O) groups is 2. The number of carbonyl (C=O) groups excluding carboxylic acids is 2. The summed E-state index contributed by atoms with van der Waals surface area (Å²) in [6.07, 6.45) is 8.46. The van der Waals surface area contributed by atoms with Crippen molar-refractivity contribution in [2.24, 2.45) is 0 Å². The lowest BCUT2D eigenvalue weighted by molar-refractivity contribution is -0.707. The van der Waals surface area contributed by atoms with Gasteiger partial charge in [0, 0.05) is 24.6 Å². The van der Waals surface area contributed by atoms with E-state index in [9.17, 15) is 9.59 Å². The Kier molecular flexibility index (Phi) is 7.35. The number of hydrogen-bond donors (Lipinski definition) is 0. The molecule has 1 aromatic carbocycles. The number of hydrogen-bond acceptors (Lipinski definition) is 3. The summed E-state index contributed by atoms with van der Waals surface area (Å²) >= 11 is 0. The second kappa shape index (κ2) is 9.00. The molecule has 0 radical (unpaired) electrons. The van der Waals surface area contributed by atoms with E-state index in [-0.39, 0.29) is 29.0 Å². The van der Waals surface area contributed by atoms with Crippen LogP contribution in [0.5, 0.6) is 0 Å². The molecule has 1 atom stereocenters. The molecule has 0 aliphatic heterocycles. The highest BCUT2D eigenvalue weighted by molar-refractivity contribution is 5.76. The second-order valence-electron chi connectivity index (χ2n) is 4.90. The molecule has 0 saturated carbocycles. The minimum absolute atomic E-state index is 0. The van der Waals surface area contributed by atoms with Crippen molar-refractivity contribution in [1.82, 2.24) is 0 Å².